The molecule has 0 aromatic heterocycles. The fourth-order valence-corrected chi connectivity index (χ4v) is 5.33. The number of fused-ring (bicyclic) bond motifs is 2. The quantitative estimate of drug-likeness (QED) is 0.648. The lowest BCUT2D eigenvalue weighted by Crippen LogP contribution is -2.49. The van der Waals surface area contributed by atoms with Crippen molar-refractivity contribution < 1.29 is 23.4 Å². The Hall–Kier alpha value is -1.78. The van der Waals surface area contributed by atoms with Gasteiger partial charge in [-0.1, -0.05) is 23.9 Å². The molecule has 0 bridgehead atoms. The molecule has 174 valence electrons. The van der Waals surface area contributed by atoms with Gasteiger partial charge in [-0.25, -0.2) is 0 Å². The van der Waals surface area contributed by atoms with Gasteiger partial charge >= 0.3 is 6.18 Å². The standard InChI is InChI=1S/C23H28F3N3O2S/c24-23(25,26)17-6-7-22-20(14-17)29(19-4-1-2-5-21(19)32-22)9-3-8-27-10-12-28(13-11-27)15-18(31)16-30/h1-2,4-7,14,18,30-31H,3,8-13,15-16H2. The van der Waals surface area contributed by atoms with E-state index in [1.54, 1.807) is 6.07 Å². The number of rotatable bonds is 7. The van der Waals surface area contributed by atoms with Crippen molar-refractivity contribution in [2.24, 2.45) is 0 Å². The zero-order valence-corrected chi connectivity index (χ0v) is 18.6. The Balaban J connectivity index is 1.41. The van der Waals surface area contributed by atoms with Crippen molar-refractivity contribution in [2.45, 2.75) is 28.5 Å². The molecule has 0 spiro atoms. The number of halogens is 3. The number of anilines is 2. The number of aliphatic hydroxyl groups is 2. The molecule has 1 saturated heterocycles. The molecule has 32 heavy (non-hydrogen) atoms. The van der Waals surface area contributed by atoms with E-state index in [1.807, 2.05) is 29.2 Å². The van der Waals surface area contributed by atoms with Gasteiger partial charge in [0.15, 0.2) is 0 Å². The number of aliphatic hydroxyl groups excluding tert-OH is 2. The largest absolute Gasteiger partial charge is 0.416 e. The first-order valence-corrected chi connectivity index (χ1v) is 11.7. The zero-order valence-electron chi connectivity index (χ0n) is 17.8. The van der Waals surface area contributed by atoms with E-state index in [-0.39, 0.29) is 6.61 Å². The molecular weight excluding hydrogens is 439 g/mol. The van der Waals surface area contributed by atoms with Gasteiger partial charge in [-0.2, -0.15) is 13.2 Å². The molecule has 0 radical (unpaired) electrons. The maximum atomic E-state index is 13.3. The molecule has 1 atom stereocenters. The molecule has 9 heteroatoms. The van der Waals surface area contributed by atoms with E-state index in [0.29, 0.717) is 18.8 Å². The molecule has 2 aromatic rings. The minimum Gasteiger partial charge on any atom is -0.394 e. The van der Waals surface area contributed by atoms with Crippen LogP contribution in [0.1, 0.15) is 12.0 Å². The summed E-state index contributed by atoms with van der Waals surface area (Å²) in [6.45, 7) is 5.15. The van der Waals surface area contributed by atoms with Crippen LogP contribution in [0.5, 0.6) is 0 Å². The van der Waals surface area contributed by atoms with Crippen molar-refractivity contribution in [1.29, 1.82) is 0 Å². The second-order valence-electron chi connectivity index (χ2n) is 8.23. The fraction of sp³-hybridized carbons (Fsp3) is 0.478. The molecule has 2 aliphatic heterocycles. The van der Waals surface area contributed by atoms with E-state index in [2.05, 4.69) is 9.80 Å². The Morgan fingerprint density at radius 1 is 0.906 bits per heavy atom. The van der Waals surface area contributed by atoms with Gasteiger partial charge in [-0.05, 0) is 43.3 Å². The summed E-state index contributed by atoms with van der Waals surface area (Å²) in [5, 5.41) is 18.6. The van der Waals surface area contributed by atoms with Gasteiger partial charge in [-0.15, -0.1) is 0 Å². The van der Waals surface area contributed by atoms with Crippen molar-refractivity contribution in [1.82, 2.24) is 9.80 Å². The molecule has 0 aliphatic carbocycles. The molecule has 5 nitrogen and oxygen atoms in total. The summed E-state index contributed by atoms with van der Waals surface area (Å²) in [5.74, 6) is 0. The van der Waals surface area contributed by atoms with Crippen molar-refractivity contribution in [3.05, 3.63) is 48.0 Å². The van der Waals surface area contributed by atoms with Gasteiger partial charge in [0.1, 0.15) is 0 Å². The number of para-hydroxylation sites is 1. The van der Waals surface area contributed by atoms with Gasteiger partial charge in [-0.3, -0.25) is 4.90 Å². The van der Waals surface area contributed by atoms with Crippen LogP contribution in [0, 0.1) is 0 Å². The molecule has 0 saturated carbocycles. The van der Waals surface area contributed by atoms with Crippen molar-refractivity contribution in [3.63, 3.8) is 0 Å². The Labute approximate surface area is 190 Å². The Kier molecular flexibility index (Phi) is 7.31. The molecule has 2 heterocycles. The predicted octanol–water partition coefficient (Wildman–Crippen LogP) is 3.67. The highest BCUT2D eigenvalue weighted by atomic mass is 32.2. The van der Waals surface area contributed by atoms with Gasteiger partial charge in [0.05, 0.1) is 29.6 Å². The Bertz CT molecular complexity index is 920. The highest BCUT2D eigenvalue weighted by Crippen LogP contribution is 2.49. The second kappa shape index (κ2) is 10.0. The number of hydrogen-bond donors (Lipinski definition) is 2. The summed E-state index contributed by atoms with van der Waals surface area (Å²) in [6.07, 6.45) is -4.25. The highest BCUT2D eigenvalue weighted by molar-refractivity contribution is 7.99. The average Bonchev–Trinajstić information content (AvgIpc) is 2.78. The maximum Gasteiger partial charge on any atom is 0.416 e. The third-order valence-corrected chi connectivity index (χ3v) is 7.08. The molecule has 0 amide bonds. The molecule has 4 rings (SSSR count). The molecule has 1 unspecified atom stereocenters. The molecule has 1 fully saturated rings. The minimum absolute atomic E-state index is 0.229. The number of alkyl halides is 3. The number of benzene rings is 2. The monoisotopic (exact) mass is 467 g/mol. The van der Waals surface area contributed by atoms with Crippen LogP contribution in [-0.4, -0.2) is 78.5 Å². The summed E-state index contributed by atoms with van der Waals surface area (Å²) in [7, 11) is 0. The van der Waals surface area contributed by atoms with Crippen molar-refractivity contribution in [2.75, 3.05) is 57.3 Å². The summed E-state index contributed by atoms with van der Waals surface area (Å²) in [5.41, 5.74) is 0.945. The van der Waals surface area contributed by atoms with E-state index >= 15 is 0 Å². The summed E-state index contributed by atoms with van der Waals surface area (Å²) in [6, 6.07) is 11.8. The highest BCUT2D eigenvalue weighted by Gasteiger charge is 2.33. The number of β-amino-alcohol motifs (C(OH)–C–C–N with tert-alkyl or cyclic N) is 1. The van der Waals surface area contributed by atoms with Crippen LogP contribution in [0.15, 0.2) is 52.3 Å². The normalized spacial score (nSPS) is 18.3. The average molecular weight is 468 g/mol. The van der Waals surface area contributed by atoms with Crippen LogP contribution in [0.4, 0.5) is 24.5 Å². The third-order valence-electron chi connectivity index (χ3n) is 5.95. The minimum atomic E-state index is -4.37. The maximum absolute atomic E-state index is 13.3. The van der Waals surface area contributed by atoms with Crippen LogP contribution in [0.3, 0.4) is 0 Å². The van der Waals surface area contributed by atoms with E-state index < -0.39 is 17.8 Å². The smallest absolute Gasteiger partial charge is 0.394 e. The van der Waals surface area contributed by atoms with Crippen LogP contribution in [0.25, 0.3) is 0 Å². The first-order chi connectivity index (χ1) is 15.3. The van der Waals surface area contributed by atoms with E-state index in [1.165, 1.54) is 17.8 Å². The van der Waals surface area contributed by atoms with E-state index in [0.717, 1.165) is 60.7 Å². The van der Waals surface area contributed by atoms with Crippen LogP contribution >= 0.6 is 11.8 Å². The lowest BCUT2D eigenvalue weighted by molar-refractivity contribution is -0.137. The van der Waals surface area contributed by atoms with E-state index in [4.69, 9.17) is 5.11 Å². The van der Waals surface area contributed by atoms with Gasteiger partial charge < -0.3 is 20.0 Å². The van der Waals surface area contributed by atoms with Crippen molar-refractivity contribution >= 4 is 23.1 Å². The number of nitrogens with zero attached hydrogens (tertiary/aromatic N) is 3. The number of piperazine rings is 1. The van der Waals surface area contributed by atoms with Crippen molar-refractivity contribution in [3.8, 4) is 0 Å². The first kappa shape index (κ1) is 23.4. The SMILES string of the molecule is OCC(O)CN1CCN(CCCN2c3ccccc3Sc3ccc(C(F)(F)F)cc32)CC1. The Morgan fingerprint density at radius 3 is 2.31 bits per heavy atom. The first-order valence-electron chi connectivity index (χ1n) is 10.8. The summed E-state index contributed by atoms with van der Waals surface area (Å²) >= 11 is 1.51. The van der Waals surface area contributed by atoms with Crippen LogP contribution in [0.2, 0.25) is 0 Å². The molecule has 2 aliphatic rings. The number of hydrogen-bond acceptors (Lipinski definition) is 6. The van der Waals surface area contributed by atoms with Crippen LogP contribution in [-0.2, 0) is 6.18 Å². The summed E-state index contributed by atoms with van der Waals surface area (Å²) in [4.78, 5) is 8.40. The molecule has 2 N–H and O–H groups in total. The summed E-state index contributed by atoms with van der Waals surface area (Å²) < 4.78 is 40.0. The zero-order chi connectivity index (χ0) is 22.7. The van der Waals surface area contributed by atoms with Gasteiger partial charge in [0.2, 0.25) is 0 Å². The predicted molar refractivity (Wildman–Crippen MR) is 120 cm³/mol. The van der Waals surface area contributed by atoms with Crippen LogP contribution < -0.4 is 4.90 Å². The second-order valence-corrected chi connectivity index (χ2v) is 9.32. The fourth-order valence-electron chi connectivity index (χ4n) is 4.25. The topological polar surface area (TPSA) is 50.2 Å². The van der Waals surface area contributed by atoms with E-state index in [9.17, 15) is 18.3 Å². The Morgan fingerprint density at radius 2 is 1.59 bits per heavy atom. The lowest BCUT2D eigenvalue weighted by atomic mass is 10.1. The van der Waals surface area contributed by atoms with Gasteiger partial charge in [0, 0.05) is 49.1 Å². The lowest BCUT2D eigenvalue weighted by Gasteiger charge is -2.37. The van der Waals surface area contributed by atoms with Gasteiger partial charge in [0.25, 0.3) is 0 Å². The molecular formula is C23H28F3N3O2S. The third kappa shape index (κ3) is 5.40. The molecule has 2 aromatic carbocycles.